The lowest BCUT2D eigenvalue weighted by Gasteiger charge is -2.34. The molecule has 0 radical (unpaired) electrons. The summed E-state index contributed by atoms with van der Waals surface area (Å²) in [6.07, 6.45) is 1.73. The van der Waals surface area contributed by atoms with Crippen molar-refractivity contribution in [3.05, 3.63) is 35.9 Å². The number of carbonyl (C=O) groups excluding carboxylic acids is 2. The van der Waals surface area contributed by atoms with Crippen molar-refractivity contribution >= 4 is 11.8 Å². The molecule has 120 valence electrons. The highest BCUT2D eigenvalue weighted by atomic mass is 16.3. The molecule has 1 fully saturated rings. The van der Waals surface area contributed by atoms with E-state index in [0.29, 0.717) is 13.1 Å². The summed E-state index contributed by atoms with van der Waals surface area (Å²) in [5.41, 5.74) is 0.930. The number of aliphatic hydroxyl groups is 1. The summed E-state index contributed by atoms with van der Waals surface area (Å²) < 4.78 is 0. The minimum Gasteiger partial charge on any atom is -0.393 e. The molecule has 1 heterocycles. The number of hydrogen-bond acceptors (Lipinski definition) is 3. The van der Waals surface area contributed by atoms with Crippen LogP contribution in [0.5, 0.6) is 0 Å². The Hall–Kier alpha value is -1.88. The van der Waals surface area contributed by atoms with Gasteiger partial charge in [0.15, 0.2) is 0 Å². The van der Waals surface area contributed by atoms with Crippen LogP contribution in [0, 0.1) is 5.92 Å². The molecule has 2 rings (SSSR count). The third kappa shape index (κ3) is 4.84. The fraction of sp³-hybridized carbons (Fsp3) is 0.529. The second-order valence-corrected chi connectivity index (χ2v) is 5.92. The number of rotatable bonds is 5. The van der Waals surface area contributed by atoms with Crippen LogP contribution in [0.4, 0.5) is 0 Å². The Balaban J connectivity index is 1.76. The number of carbonyl (C=O) groups is 2. The molecule has 2 atom stereocenters. The highest BCUT2D eigenvalue weighted by molar-refractivity contribution is 5.85. The van der Waals surface area contributed by atoms with Gasteiger partial charge >= 0.3 is 0 Å². The lowest BCUT2D eigenvalue weighted by atomic mass is 9.93. The van der Waals surface area contributed by atoms with Crippen LogP contribution in [0.1, 0.15) is 25.3 Å². The van der Waals surface area contributed by atoms with E-state index in [1.807, 2.05) is 30.3 Å². The van der Waals surface area contributed by atoms with Gasteiger partial charge in [0.1, 0.15) is 0 Å². The number of aliphatic hydroxyl groups excluding tert-OH is 1. The van der Waals surface area contributed by atoms with Gasteiger partial charge in [-0.15, -0.1) is 0 Å². The maximum atomic E-state index is 12.2. The highest BCUT2D eigenvalue weighted by Gasteiger charge is 2.26. The minimum atomic E-state index is -0.400. The maximum Gasteiger partial charge on any atom is 0.241 e. The Morgan fingerprint density at radius 2 is 2.09 bits per heavy atom. The highest BCUT2D eigenvalue weighted by Crippen LogP contribution is 2.19. The number of piperidine rings is 1. The summed E-state index contributed by atoms with van der Waals surface area (Å²) in [6, 6.07) is 9.45. The zero-order chi connectivity index (χ0) is 15.9. The average molecular weight is 304 g/mol. The van der Waals surface area contributed by atoms with Crippen LogP contribution in [0.2, 0.25) is 0 Å². The Labute approximate surface area is 131 Å². The molecule has 1 aromatic carbocycles. The molecule has 0 bridgehead atoms. The molecule has 1 aliphatic heterocycles. The summed E-state index contributed by atoms with van der Waals surface area (Å²) in [7, 11) is 0. The fourth-order valence-electron chi connectivity index (χ4n) is 2.76. The first-order valence-corrected chi connectivity index (χ1v) is 7.82. The number of nitrogens with one attached hydrogen (secondary N) is 1. The van der Waals surface area contributed by atoms with Gasteiger partial charge < -0.3 is 15.3 Å². The molecule has 0 spiro atoms. The van der Waals surface area contributed by atoms with E-state index in [-0.39, 0.29) is 30.7 Å². The van der Waals surface area contributed by atoms with Crippen molar-refractivity contribution in [1.82, 2.24) is 10.2 Å². The smallest absolute Gasteiger partial charge is 0.241 e. The first-order chi connectivity index (χ1) is 10.6. The molecule has 1 saturated heterocycles. The Morgan fingerprint density at radius 1 is 1.36 bits per heavy atom. The summed E-state index contributed by atoms with van der Waals surface area (Å²) in [5, 5.41) is 12.3. The first kappa shape index (κ1) is 16.5. The van der Waals surface area contributed by atoms with Crippen LogP contribution in [0.25, 0.3) is 0 Å². The number of nitrogens with zero attached hydrogens (tertiary/aromatic N) is 1. The number of hydrogen-bond donors (Lipinski definition) is 2. The number of amides is 2. The van der Waals surface area contributed by atoms with E-state index in [2.05, 4.69) is 5.32 Å². The fourth-order valence-corrected chi connectivity index (χ4v) is 2.76. The summed E-state index contributed by atoms with van der Waals surface area (Å²) in [5.74, 6) is -0.0897. The Bertz CT molecular complexity index is 502. The third-order valence-electron chi connectivity index (χ3n) is 4.14. The topological polar surface area (TPSA) is 69.6 Å². The SMILES string of the molecule is CC(O)C1CCCN(C(=O)CNC(=O)Cc2ccccc2)C1. The number of benzene rings is 1. The second kappa shape index (κ2) is 7.94. The van der Waals surface area contributed by atoms with Gasteiger partial charge in [-0.2, -0.15) is 0 Å². The van der Waals surface area contributed by atoms with Gasteiger partial charge in [-0.05, 0) is 25.3 Å². The molecule has 0 aromatic heterocycles. The van der Waals surface area contributed by atoms with Gasteiger partial charge in [0.05, 0.1) is 19.1 Å². The quantitative estimate of drug-likeness (QED) is 0.851. The van der Waals surface area contributed by atoms with Gasteiger partial charge in [0, 0.05) is 19.0 Å². The van der Waals surface area contributed by atoms with E-state index >= 15 is 0 Å². The van der Waals surface area contributed by atoms with Gasteiger partial charge in [-0.3, -0.25) is 9.59 Å². The molecule has 2 unspecified atom stereocenters. The Kier molecular flexibility index (Phi) is 5.95. The van der Waals surface area contributed by atoms with Gasteiger partial charge in [0.2, 0.25) is 11.8 Å². The first-order valence-electron chi connectivity index (χ1n) is 7.82. The van der Waals surface area contributed by atoms with E-state index in [1.54, 1.807) is 11.8 Å². The van der Waals surface area contributed by atoms with Crippen molar-refractivity contribution in [2.24, 2.45) is 5.92 Å². The normalized spacial score (nSPS) is 19.5. The predicted octanol–water partition coefficient (Wildman–Crippen LogP) is 0.965. The molecule has 5 heteroatoms. The lowest BCUT2D eigenvalue weighted by molar-refractivity contribution is -0.135. The van der Waals surface area contributed by atoms with Crippen molar-refractivity contribution < 1.29 is 14.7 Å². The van der Waals surface area contributed by atoms with Crippen LogP contribution >= 0.6 is 0 Å². The Morgan fingerprint density at radius 3 is 2.77 bits per heavy atom. The zero-order valence-corrected chi connectivity index (χ0v) is 13.0. The molecule has 0 saturated carbocycles. The van der Waals surface area contributed by atoms with Gasteiger partial charge in [-0.25, -0.2) is 0 Å². The molecule has 1 aliphatic rings. The molecule has 22 heavy (non-hydrogen) atoms. The number of likely N-dealkylation sites (tertiary alicyclic amines) is 1. The summed E-state index contributed by atoms with van der Waals surface area (Å²) in [6.45, 7) is 3.07. The van der Waals surface area contributed by atoms with Crippen molar-refractivity contribution in [3.63, 3.8) is 0 Å². The van der Waals surface area contributed by atoms with Crippen LogP contribution in [-0.4, -0.2) is 47.6 Å². The van der Waals surface area contributed by atoms with Crippen molar-refractivity contribution in [1.29, 1.82) is 0 Å². The van der Waals surface area contributed by atoms with E-state index < -0.39 is 6.10 Å². The van der Waals surface area contributed by atoms with E-state index in [9.17, 15) is 14.7 Å². The molecule has 1 aromatic rings. The van der Waals surface area contributed by atoms with E-state index in [4.69, 9.17) is 0 Å². The molecular formula is C17H24N2O3. The van der Waals surface area contributed by atoms with Crippen molar-refractivity contribution in [2.75, 3.05) is 19.6 Å². The van der Waals surface area contributed by atoms with Crippen LogP contribution in [-0.2, 0) is 16.0 Å². The average Bonchev–Trinajstić information content (AvgIpc) is 2.53. The second-order valence-electron chi connectivity index (χ2n) is 5.92. The standard InChI is InChI=1S/C17H24N2O3/c1-13(20)15-8-5-9-19(12-15)17(22)11-18-16(21)10-14-6-3-2-4-7-14/h2-4,6-7,13,15,20H,5,8-12H2,1H3,(H,18,21). The monoisotopic (exact) mass is 304 g/mol. The predicted molar refractivity (Wildman–Crippen MR) is 84.1 cm³/mol. The molecule has 0 aliphatic carbocycles. The van der Waals surface area contributed by atoms with Crippen LogP contribution < -0.4 is 5.32 Å². The van der Waals surface area contributed by atoms with Crippen LogP contribution in [0.15, 0.2) is 30.3 Å². The minimum absolute atomic E-state index is 0.0260. The van der Waals surface area contributed by atoms with Crippen molar-refractivity contribution in [3.8, 4) is 0 Å². The third-order valence-corrected chi connectivity index (χ3v) is 4.14. The lowest BCUT2D eigenvalue weighted by Crippen LogP contribution is -2.47. The van der Waals surface area contributed by atoms with Gasteiger partial charge in [-0.1, -0.05) is 30.3 Å². The molecule has 2 N–H and O–H groups in total. The molecular weight excluding hydrogens is 280 g/mol. The van der Waals surface area contributed by atoms with Crippen LogP contribution in [0.3, 0.4) is 0 Å². The zero-order valence-electron chi connectivity index (χ0n) is 13.0. The largest absolute Gasteiger partial charge is 0.393 e. The summed E-state index contributed by atoms with van der Waals surface area (Å²) in [4.78, 5) is 25.7. The van der Waals surface area contributed by atoms with E-state index in [1.165, 1.54) is 0 Å². The molecule has 5 nitrogen and oxygen atoms in total. The van der Waals surface area contributed by atoms with Crippen molar-refractivity contribution in [2.45, 2.75) is 32.3 Å². The molecule has 2 amide bonds. The maximum absolute atomic E-state index is 12.2. The van der Waals surface area contributed by atoms with Gasteiger partial charge in [0.25, 0.3) is 0 Å². The summed E-state index contributed by atoms with van der Waals surface area (Å²) >= 11 is 0. The van der Waals surface area contributed by atoms with E-state index in [0.717, 1.165) is 18.4 Å².